The minimum Gasteiger partial charge on any atom is -0.312 e. The van der Waals surface area contributed by atoms with Crippen LogP contribution in [0.5, 0.6) is 0 Å². The molecular formula is C13H25N3S. The molecule has 0 radical (unpaired) electrons. The number of nitrogens with zero attached hydrogens (tertiary/aromatic N) is 2. The number of hydrogen-bond donors (Lipinski definition) is 1. The van der Waals surface area contributed by atoms with Gasteiger partial charge in [0.2, 0.25) is 0 Å². The lowest BCUT2D eigenvalue weighted by Gasteiger charge is -2.14. The second kappa shape index (κ2) is 7.77. The van der Waals surface area contributed by atoms with E-state index in [9.17, 15) is 0 Å². The molecule has 17 heavy (non-hydrogen) atoms. The van der Waals surface area contributed by atoms with E-state index in [0.29, 0.717) is 6.04 Å². The number of aromatic nitrogens is 2. The van der Waals surface area contributed by atoms with E-state index in [1.807, 2.05) is 29.7 Å². The molecule has 4 heteroatoms. The Hall–Kier alpha value is -0.480. The van der Waals surface area contributed by atoms with E-state index in [-0.39, 0.29) is 0 Å². The number of aryl methyl sites for hydroxylation is 1. The van der Waals surface area contributed by atoms with Gasteiger partial charge in [-0.05, 0) is 25.1 Å². The summed E-state index contributed by atoms with van der Waals surface area (Å²) in [5.74, 6) is 3.11. The SMILES string of the molecule is CCCn1cc(C(CSCC(C)C)NC)cn1. The Labute approximate surface area is 109 Å². The van der Waals surface area contributed by atoms with Gasteiger partial charge < -0.3 is 5.32 Å². The van der Waals surface area contributed by atoms with Crippen molar-refractivity contribution in [3.8, 4) is 0 Å². The van der Waals surface area contributed by atoms with Crippen molar-refractivity contribution in [2.75, 3.05) is 18.6 Å². The monoisotopic (exact) mass is 255 g/mol. The van der Waals surface area contributed by atoms with Crippen molar-refractivity contribution in [1.82, 2.24) is 15.1 Å². The Morgan fingerprint density at radius 3 is 2.76 bits per heavy atom. The maximum Gasteiger partial charge on any atom is 0.0537 e. The first-order valence-electron chi connectivity index (χ1n) is 6.44. The van der Waals surface area contributed by atoms with Crippen molar-refractivity contribution < 1.29 is 0 Å². The lowest BCUT2D eigenvalue weighted by molar-refractivity contribution is 0.599. The zero-order valence-electron chi connectivity index (χ0n) is 11.4. The number of nitrogens with one attached hydrogen (secondary N) is 1. The van der Waals surface area contributed by atoms with Crippen LogP contribution in [0.4, 0.5) is 0 Å². The molecule has 1 heterocycles. The molecule has 3 nitrogen and oxygen atoms in total. The second-order valence-electron chi connectivity index (χ2n) is 4.81. The van der Waals surface area contributed by atoms with Crippen molar-refractivity contribution in [1.29, 1.82) is 0 Å². The normalized spacial score (nSPS) is 13.2. The highest BCUT2D eigenvalue weighted by Gasteiger charge is 2.11. The smallest absolute Gasteiger partial charge is 0.0537 e. The van der Waals surface area contributed by atoms with Crippen molar-refractivity contribution in [3.05, 3.63) is 18.0 Å². The number of thioether (sulfide) groups is 1. The molecule has 0 saturated heterocycles. The molecule has 0 spiro atoms. The van der Waals surface area contributed by atoms with Crippen LogP contribution >= 0.6 is 11.8 Å². The average Bonchev–Trinajstić information content (AvgIpc) is 2.73. The van der Waals surface area contributed by atoms with Gasteiger partial charge in [0.1, 0.15) is 0 Å². The van der Waals surface area contributed by atoms with Crippen LogP contribution in [0.2, 0.25) is 0 Å². The molecule has 0 aromatic carbocycles. The lowest BCUT2D eigenvalue weighted by atomic mass is 10.2. The Morgan fingerprint density at radius 2 is 2.18 bits per heavy atom. The van der Waals surface area contributed by atoms with Crippen molar-refractivity contribution in [3.63, 3.8) is 0 Å². The minimum absolute atomic E-state index is 0.421. The van der Waals surface area contributed by atoms with Crippen LogP contribution in [-0.2, 0) is 6.54 Å². The van der Waals surface area contributed by atoms with Gasteiger partial charge in [-0.25, -0.2) is 0 Å². The molecule has 0 aliphatic heterocycles. The summed E-state index contributed by atoms with van der Waals surface area (Å²) in [6.07, 6.45) is 5.29. The minimum atomic E-state index is 0.421. The average molecular weight is 255 g/mol. The van der Waals surface area contributed by atoms with Gasteiger partial charge in [0.25, 0.3) is 0 Å². The molecule has 1 N–H and O–H groups in total. The van der Waals surface area contributed by atoms with Gasteiger partial charge in [-0.15, -0.1) is 0 Å². The van der Waals surface area contributed by atoms with E-state index in [4.69, 9.17) is 0 Å². The third-order valence-electron chi connectivity index (χ3n) is 2.59. The highest BCUT2D eigenvalue weighted by molar-refractivity contribution is 7.99. The lowest BCUT2D eigenvalue weighted by Crippen LogP contribution is -2.18. The second-order valence-corrected chi connectivity index (χ2v) is 5.88. The molecule has 0 aliphatic carbocycles. The summed E-state index contributed by atoms with van der Waals surface area (Å²) in [4.78, 5) is 0. The summed E-state index contributed by atoms with van der Waals surface area (Å²) >= 11 is 2.01. The van der Waals surface area contributed by atoms with E-state index < -0.39 is 0 Å². The predicted molar refractivity (Wildman–Crippen MR) is 76.5 cm³/mol. The van der Waals surface area contributed by atoms with Crippen LogP contribution in [0.25, 0.3) is 0 Å². The summed E-state index contributed by atoms with van der Waals surface area (Å²) < 4.78 is 2.03. The van der Waals surface area contributed by atoms with Crippen LogP contribution < -0.4 is 5.32 Å². The first-order chi connectivity index (χ1) is 8.17. The zero-order valence-corrected chi connectivity index (χ0v) is 12.3. The predicted octanol–water partition coefficient (Wildman–Crippen LogP) is 2.94. The largest absolute Gasteiger partial charge is 0.312 e. The summed E-state index contributed by atoms with van der Waals surface area (Å²) in [5, 5.41) is 7.76. The molecule has 1 aromatic rings. The molecule has 0 aliphatic rings. The standard InChI is InChI=1S/C13H25N3S/c1-5-6-16-8-12(7-15-16)13(14-4)10-17-9-11(2)3/h7-8,11,13-14H,5-6,9-10H2,1-4H3. The Balaban J connectivity index is 2.47. The van der Waals surface area contributed by atoms with E-state index in [1.165, 1.54) is 11.3 Å². The van der Waals surface area contributed by atoms with Crippen molar-refractivity contribution in [2.45, 2.75) is 39.8 Å². The van der Waals surface area contributed by atoms with Crippen molar-refractivity contribution >= 4 is 11.8 Å². The molecule has 0 fully saturated rings. The molecule has 1 atom stereocenters. The quantitative estimate of drug-likeness (QED) is 0.774. The Morgan fingerprint density at radius 1 is 1.41 bits per heavy atom. The highest BCUT2D eigenvalue weighted by Crippen LogP contribution is 2.19. The summed E-state index contributed by atoms with van der Waals surface area (Å²) in [6.45, 7) is 7.71. The third kappa shape index (κ3) is 5.13. The van der Waals surface area contributed by atoms with Gasteiger partial charge in [-0.2, -0.15) is 16.9 Å². The molecule has 0 bridgehead atoms. The fourth-order valence-corrected chi connectivity index (χ4v) is 2.88. The molecule has 1 rings (SSSR count). The third-order valence-corrected chi connectivity index (χ3v) is 4.06. The van der Waals surface area contributed by atoms with Gasteiger partial charge in [-0.1, -0.05) is 20.8 Å². The molecule has 0 saturated carbocycles. The number of rotatable bonds is 8. The van der Waals surface area contributed by atoms with Gasteiger partial charge in [0.05, 0.1) is 6.20 Å². The van der Waals surface area contributed by atoms with Crippen LogP contribution in [-0.4, -0.2) is 28.3 Å². The number of hydrogen-bond acceptors (Lipinski definition) is 3. The van der Waals surface area contributed by atoms with E-state index >= 15 is 0 Å². The van der Waals surface area contributed by atoms with E-state index in [0.717, 1.165) is 24.6 Å². The fraction of sp³-hybridized carbons (Fsp3) is 0.769. The van der Waals surface area contributed by atoms with Gasteiger partial charge in [-0.3, -0.25) is 4.68 Å². The van der Waals surface area contributed by atoms with Crippen LogP contribution in [0.3, 0.4) is 0 Å². The first kappa shape index (κ1) is 14.6. The summed E-state index contributed by atoms with van der Waals surface area (Å²) in [5.41, 5.74) is 1.30. The van der Waals surface area contributed by atoms with Gasteiger partial charge in [0, 0.05) is 30.1 Å². The van der Waals surface area contributed by atoms with Crippen LogP contribution in [0.15, 0.2) is 12.4 Å². The molecular weight excluding hydrogens is 230 g/mol. The van der Waals surface area contributed by atoms with Crippen LogP contribution in [0, 0.1) is 5.92 Å². The van der Waals surface area contributed by atoms with Crippen molar-refractivity contribution in [2.24, 2.45) is 5.92 Å². The van der Waals surface area contributed by atoms with E-state index in [2.05, 4.69) is 37.4 Å². The molecule has 1 aromatic heterocycles. The van der Waals surface area contributed by atoms with Gasteiger partial charge >= 0.3 is 0 Å². The summed E-state index contributed by atoms with van der Waals surface area (Å²) in [7, 11) is 2.03. The topological polar surface area (TPSA) is 29.9 Å². The van der Waals surface area contributed by atoms with Gasteiger partial charge in [0.15, 0.2) is 0 Å². The molecule has 0 amide bonds. The molecule has 98 valence electrons. The molecule has 1 unspecified atom stereocenters. The Kier molecular flexibility index (Phi) is 6.66. The first-order valence-corrected chi connectivity index (χ1v) is 7.60. The van der Waals surface area contributed by atoms with E-state index in [1.54, 1.807) is 0 Å². The maximum atomic E-state index is 4.39. The summed E-state index contributed by atoms with van der Waals surface area (Å²) in [6, 6.07) is 0.421. The fourth-order valence-electron chi connectivity index (χ4n) is 1.68. The highest BCUT2D eigenvalue weighted by atomic mass is 32.2. The maximum absolute atomic E-state index is 4.39. The zero-order chi connectivity index (χ0) is 12.7. The van der Waals surface area contributed by atoms with Crippen LogP contribution in [0.1, 0.15) is 38.8 Å². The Bertz CT molecular complexity index is 309.